The summed E-state index contributed by atoms with van der Waals surface area (Å²) in [6, 6.07) is 0. The topological polar surface area (TPSA) is 83.5 Å². The Morgan fingerprint density at radius 3 is 1.86 bits per heavy atom. The van der Waals surface area contributed by atoms with Crippen molar-refractivity contribution in [2.24, 2.45) is 0 Å². The van der Waals surface area contributed by atoms with Crippen molar-refractivity contribution < 1.29 is 18.3 Å². The van der Waals surface area contributed by atoms with E-state index in [0.717, 1.165) is 12.8 Å². The Morgan fingerprint density at radius 2 is 1.38 bits per heavy atom. The van der Waals surface area contributed by atoms with Crippen LogP contribution in [-0.2, 0) is 14.8 Å². The number of carbonyl (C=O) groups is 1. The molecule has 0 saturated heterocycles. The first-order valence-corrected chi connectivity index (χ1v) is 9.82. The van der Waals surface area contributed by atoms with Crippen LogP contribution in [0.2, 0.25) is 0 Å². The van der Waals surface area contributed by atoms with E-state index in [4.69, 9.17) is 5.11 Å². The molecule has 0 radical (unpaired) electrons. The number of carboxylic acid groups (broad SMARTS) is 1. The Hall–Kier alpha value is -0.620. The first-order chi connectivity index (χ1) is 9.98. The monoisotopic (exact) mass is 321 g/mol. The molecule has 2 N–H and O–H groups in total. The first-order valence-electron chi connectivity index (χ1n) is 8.17. The second-order valence-electron chi connectivity index (χ2n) is 5.54. The van der Waals surface area contributed by atoms with Crippen molar-refractivity contribution in [3.63, 3.8) is 0 Å². The van der Waals surface area contributed by atoms with Crippen LogP contribution >= 0.6 is 0 Å². The summed E-state index contributed by atoms with van der Waals surface area (Å²) in [5, 5.41) is 8.44. The molecule has 0 aliphatic rings. The molecule has 126 valence electrons. The summed E-state index contributed by atoms with van der Waals surface area (Å²) >= 11 is 0. The van der Waals surface area contributed by atoms with Gasteiger partial charge in [0.1, 0.15) is 0 Å². The maximum atomic E-state index is 11.5. The summed E-state index contributed by atoms with van der Waals surface area (Å²) in [5.74, 6) is -0.889. The Kier molecular flexibility index (Phi) is 12.7. The molecule has 0 aromatic heterocycles. The molecule has 0 heterocycles. The van der Waals surface area contributed by atoms with E-state index in [0.29, 0.717) is 6.42 Å². The van der Waals surface area contributed by atoms with Crippen molar-refractivity contribution in [1.82, 2.24) is 4.72 Å². The van der Waals surface area contributed by atoms with Gasteiger partial charge in [-0.25, -0.2) is 13.1 Å². The third-order valence-electron chi connectivity index (χ3n) is 3.43. The average Bonchev–Trinajstić information content (AvgIpc) is 2.40. The van der Waals surface area contributed by atoms with Crippen molar-refractivity contribution in [2.75, 3.05) is 12.3 Å². The Balaban J connectivity index is 3.38. The number of aliphatic carboxylic acids is 1. The van der Waals surface area contributed by atoms with Gasteiger partial charge in [0.2, 0.25) is 10.0 Å². The molecule has 0 atom stereocenters. The van der Waals surface area contributed by atoms with Gasteiger partial charge in [-0.05, 0) is 6.42 Å². The van der Waals surface area contributed by atoms with Crippen LogP contribution in [0, 0.1) is 0 Å². The van der Waals surface area contributed by atoms with Gasteiger partial charge in [0.25, 0.3) is 0 Å². The van der Waals surface area contributed by atoms with Crippen LogP contribution < -0.4 is 4.72 Å². The fraction of sp³-hybridized carbons (Fsp3) is 0.933. The molecule has 0 aromatic rings. The van der Waals surface area contributed by atoms with Gasteiger partial charge in [0.05, 0.1) is 12.2 Å². The van der Waals surface area contributed by atoms with Gasteiger partial charge in [-0.2, -0.15) is 0 Å². The molecule has 0 amide bonds. The lowest BCUT2D eigenvalue weighted by Gasteiger charge is -2.05. The largest absolute Gasteiger partial charge is 0.481 e. The van der Waals surface area contributed by atoms with Crippen LogP contribution in [0.15, 0.2) is 0 Å². The smallest absolute Gasteiger partial charge is 0.304 e. The van der Waals surface area contributed by atoms with Crippen LogP contribution in [0.25, 0.3) is 0 Å². The SMILES string of the molecule is CCCCCCCCCCCCS(=O)(=O)NCCC(=O)O. The summed E-state index contributed by atoms with van der Waals surface area (Å²) in [5.41, 5.74) is 0. The fourth-order valence-electron chi connectivity index (χ4n) is 2.17. The third kappa shape index (κ3) is 15.6. The van der Waals surface area contributed by atoms with Crippen LogP contribution in [0.4, 0.5) is 0 Å². The first kappa shape index (κ1) is 20.4. The Bertz CT molecular complexity index is 355. The molecule has 21 heavy (non-hydrogen) atoms. The van der Waals surface area contributed by atoms with Crippen LogP contribution in [0.3, 0.4) is 0 Å². The Labute approximate surface area is 129 Å². The van der Waals surface area contributed by atoms with Crippen molar-refractivity contribution >= 4 is 16.0 Å². The second kappa shape index (κ2) is 13.1. The minimum absolute atomic E-state index is 0.0184. The number of hydrogen-bond donors (Lipinski definition) is 2. The van der Waals surface area contributed by atoms with E-state index in [1.165, 1.54) is 44.9 Å². The molecule has 0 bridgehead atoms. The highest BCUT2D eigenvalue weighted by Gasteiger charge is 2.09. The zero-order chi connectivity index (χ0) is 16.0. The standard InChI is InChI=1S/C15H31NO4S/c1-2-3-4-5-6-7-8-9-10-11-14-21(19,20)16-13-12-15(17)18/h16H,2-14H2,1H3,(H,17,18). The third-order valence-corrected chi connectivity index (χ3v) is 4.90. The van der Waals surface area contributed by atoms with Gasteiger partial charge in [-0.15, -0.1) is 0 Å². The van der Waals surface area contributed by atoms with E-state index >= 15 is 0 Å². The van der Waals surface area contributed by atoms with E-state index in [-0.39, 0.29) is 18.7 Å². The van der Waals surface area contributed by atoms with Gasteiger partial charge in [0, 0.05) is 6.54 Å². The number of sulfonamides is 1. The van der Waals surface area contributed by atoms with Gasteiger partial charge in [-0.3, -0.25) is 4.79 Å². The molecule has 6 heteroatoms. The zero-order valence-corrected chi connectivity index (χ0v) is 14.1. The highest BCUT2D eigenvalue weighted by atomic mass is 32.2. The normalized spacial score (nSPS) is 11.7. The highest BCUT2D eigenvalue weighted by Crippen LogP contribution is 2.10. The highest BCUT2D eigenvalue weighted by molar-refractivity contribution is 7.89. The molecule has 0 rings (SSSR count). The van der Waals surface area contributed by atoms with E-state index < -0.39 is 16.0 Å². The van der Waals surface area contributed by atoms with Crippen molar-refractivity contribution in [3.8, 4) is 0 Å². The van der Waals surface area contributed by atoms with E-state index in [9.17, 15) is 13.2 Å². The predicted molar refractivity (Wildman–Crippen MR) is 85.9 cm³/mol. The maximum Gasteiger partial charge on any atom is 0.304 e. The number of nitrogens with one attached hydrogen (secondary N) is 1. The fourth-order valence-corrected chi connectivity index (χ4v) is 3.31. The molecule has 0 unspecified atom stereocenters. The van der Waals surface area contributed by atoms with E-state index in [2.05, 4.69) is 11.6 Å². The number of carboxylic acids is 1. The summed E-state index contributed by atoms with van der Waals surface area (Å²) < 4.78 is 25.4. The molecule has 0 saturated carbocycles. The van der Waals surface area contributed by atoms with Crippen LogP contribution in [-0.4, -0.2) is 31.8 Å². The van der Waals surface area contributed by atoms with E-state index in [1.54, 1.807) is 0 Å². The molecule has 0 aromatic carbocycles. The number of hydrogen-bond acceptors (Lipinski definition) is 3. The lowest BCUT2D eigenvalue weighted by molar-refractivity contribution is -0.136. The lowest BCUT2D eigenvalue weighted by Crippen LogP contribution is -2.28. The Morgan fingerprint density at radius 1 is 0.905 bits per heavy atom. The molecule has 0 aliphatic carbocycles. The maximum absolute atomic E-state index is 11.5. The minimum atomic E-state index is -3.30. The van der Waals surface area contributed by atoms with Crippen LogP contribution in [0.5, 0.6) is 0 Å². The summed E-state index contributed by atoms with van der Waals surface area (Å²) in [6.07, 6.45) is 11.4. The van der Waals surface area contributed by atoms with E-state index in [1.807, 2.05) is 0 Å². The summed E-state index contributed by atoms with van der Waals surface area (Å²) in [4.78, 5) is 10.3. The van der Waals surface area contributed by atoms with Crippen molar-refractivity contribution in [3.05, 3.63) is 0 Å². The molecular formula is C15H31NO4S. The van der Waals surface area contributed by atoms with Gasteiger partial charge in [0.15, 0.2) is 0 Å². The van der Waals surface area contributed by atoms with Gasteiger partial charge < -0.3 is 5.11 Å². The molecule has 0 aliphatic heterocycles. The molecule has 5 nitrogen and oxygen atoms in total. The predicted octanol–water partition coefficient (Wildman–Crippen LogP) is 3.30. The molecule has 0 fully saturated rings. The summed E-state index contributed by atoms with van der Waals surface area (Å²) in [7, 11) is -3.30. The lowest BCUT2D eigenvalue weighted by atomic mass is 10.1. The zero-order valence-electron chi connectivity index (χ0n) is 13.3. The van der Waals surface area contributed by atoms with Gasteiger partial charge >= 0.3 is 5.97 Å². The molecule has 0 spiro atoms. The van der Waals surface area contributed by atoms with Crippen LogP contribution in [0.1, 0.15) is 77.6 Å². The average molecular weight is 321 g/mol. The van der Waals surface area contributed by atoms with Gasteiger partial charge in [-0.1, -0.05) is 64.7 Å². The quantitative estimate of drug-likeness (QED) is 0.453. The molecular weight excluding hydrogens is 290 g/mol. The van der Waals surface area contributed by atoms with Crippen molar-refractivity contribution in [1.29, 1.82) is 0 Å². The summed E-state index contributed by atoms with van der Waals surface area (Å²) in [6.45, 7) is 2.19. The number of unbranched alkanes of at least 4 members (excludes halogenated alkanes) is 9. The second-order valence-corrected chi connectivity index (χ2v) is 7.47. The minimum Gasteiger partial charge on any atom is -0.481 e. The number of rotatable bonds is 15. The van der Waals surface area contributed by atoms with Crippen molar-refractivity contribution in [2.45, 2.75) is 77.6 Å².